The summed E-state index contributed by atoms with van der Waals surface area (Å²) < 4.78 is 27.3. The first-order valence-electron chi connectivity index (χ1n) is 8.02. The van der Waals surface area contributed by atoms with Crippen molar-refractivity contribution in [1.82, 2.24) is 4.57 Å². The Balaban J connectivity index is 1.70. The Bertz CT molecular complexity index is 1070. The summed E-state index contributed by atoms with van der Waals surface area (Å²) in [5, 5.41) is 0. The summed E-state index contributed by atoms with van der Waals surface area (Å²) in [4.78, 5) is 17.3. The lowest BCUT2D eigenvalue weighted by molar-refractivity contribution is -0.127. The average molecular weight is 370 g/mol. The van der Waals surface area contributed by atoms with Crippen LogP contribution >= 0.6 is 11.3 Å². The van der Waals surface area contributed by atoms with Gasteiger partial charge in [0.2, 0.25) is 6.10 Å². The van der Waals surface area contributed by atoms with E-state index in [0.29, 0.717) is 27.5 Å². The number of hydrogen-bond acceptors (Lipinski definition) is 4. The number of carbonyl (C=O) groups excluding carboxylic acids is 1. The minimum Gasteiger partial charge on any atom is -0.485 e. The molecule has 0 bridgehead atoms. The Hall–Kier alpha value is -2.93. The van der Waals surface area contributed by atoms with Crippen LogP contribution < -0.4 is 14.3 Å². The van der Waals surface area contributed by atoms with Crippen LogP contribution in [-0.4, -0.2) is 23.2 Å². The molecular formula is C19H15FN2O3S. The summed E-state index contributed by atoms with van der Waals surface area (Å²) >= 11 is 1.25. The van der Waals surface area contributed by atoms with E-state index in [1.807, 2.05) is 16.7 Å². The third-order valence-corrected chi connectivity index (χ3v) is 4.99. The summed E-state index contributed by atoms with van der Waals surface area (Å²) in [5.74, 6) is 0.354. The van der Waals surface area contributed by atoms with E-state index in [0.717, 1.165) is 5.52 Å². The van der Waals surface area contributed by atoms with Gasteiger partial charge in [0, 0.05) is 6.54 Å². The molecular weight excluding hydrogens is 355 g/mol. The molecule has 0 saturated carbocycles. The van der Waals surface area contributed by atoms with Crippen LogP contribution in [0.2, 0.25) is 0 Å². The number of para-hydroxylation sites is 2. The molecule has 0 spiro atoms. The molecule has 26 heavy (non-hydrogen) atoms. The highest BCUT2D eigenvalue weighted by Gasteiger charge is 2.27. The quantitative estimate of drug-likeness (QED) is 0.665. The van der Waals surface area contributed by atoms with Crippen molar-refractivity contribution in [3.8, 4) is 11.5 Å². The third kappa shape index (κ3) is 3.01. The van der Waals surface area contributed by atoms with E-state index < -0.39 is 12.0 Å². The summed E-state index contributed by atoms with van der Waals surface area (Å²) in [5.41, 5.74) is 0.800. The zero-order valence-electron chi connectivity index (χ0n) is 13.7. The molecule has 1 amide bonds. The van der Waals surface area contributed by atoms with Gasteiger partial charge >= 0.3 is 0 Å². The lowest BCUT2D eigenvalue weighted by atomic mass is 10.2. The van der Waals surface area contributed by atoms with Gasteiger partial charge in [-0.1, -0.05) is 29.5 Å². The Morgan fingerprint density at radius 2 is 2.15 bits per heavy atom. The molecule has 5 nitrogen and oxygen atoms in total. The highest BCUT2D eigenvalue weighted by molar-refractivity contribution is 7.16. The van der Waals surface area contributed by atoms with Crippen molar-refractivity contribution in [1.29, 1.82) is 0 Å². The maximum atomic E-state index is 13.5. The van der Waals surface area contributed by atoms with Gasteiger partial charge in [-0.3, -0.25) is 4.79 Å². The largest absolute Gasteiger partial charge is 0.485 e. The third-order valence-electron chi connectivity index (χ3n) is 3.95. The minimum absolute atomic E-state index is 0.0975. The Kier molecular flexibility index (Phi) is 4.30. The molecule has 0 saturated heterocycles. The number of amides is 1. The van der Waals surface area contributed by atoms with E-state index in [9.17, 15) is 9.18 Å². The number of fused-ring (bicyclic) bond motifs is 2. The molecule has 3 aromatic rings. The summed E-state index contributed by atoms with van der Waals surface area (Å²) in [6.07, 6.45) is 0.888. The van der Waals surface area contributed by atoms with Crippen molar-refractivity contribution in [2.24, 2.45) is 4.99 Å². The van der Waals surface area contributed by atoms with Gasteiger partial charge in [0.15, 0.2) is 16.3 Å². The van der Waals surface area contributed by atoms with Crippen LogP contribution in [0.25, 0.3) is 10.2 Å². The standard InChI is InChI=1S/C19H15FN2O3S/c1-2-9-22-13-8-7-12(20)10-17(13)26-19(22)21-18(23)16-11-24-14-5-3-4-6-15(14)25-16/h2-8,10,16H,1,9,11H2. The molecule has 7 heteroatoms. The number of carbonyl (C=O) groups is 1. The van der Waals surface area contributed by atoms with Gasteiger partial charge in [0.1, 0.15) is 12.4 Å². The zero-order valence-corrected chi connectivity index (χ0v) is 14.5. The maximum Gasteiger partial charge on any atom is 0.292 e. The van der Waals surface area contributed by atoms with E-state index in [1.165, 1.54) is 23.5 Å². The van der Waals surface area contributed by atoms with E-state index in [1.54, 1.807) is 24.3 Å². The Morgan fingerprint density at radius 3 is 2.96 bits per heavy atom. The van der Waals surface area contributed by atoms with Crippen molar-refractivity contribution < 1.29 is 18.7 Å². The van der Waals surface area contributed by atoms with Crippen molar-refractivity contribution in [2.75, 3.05) is 6.61 Å². The number of nitrogens with zero attached hydrogens (tertiary/aromatic N) is 2. The van der Waals surface area contributed by atoms with Gasteiger partial charge in [-0.15, -0.1) is 6.58 Å². The topological polar surface area (TPSA) is 52.8 Å². The van der Waals surface area contributed by atoms with Crippen molar-refractivity contribution in [3.63, 3.8) is 0 Å². The molecule has 4 rings (SSSR count). The summed E-state index contributed by atoms with van der Waals surface area (Å²) in [7, 11) is 0. The zero-order chi connectivity index (χ0) is 18.1. The molecule has 0 N–H and O–H groups in total. The predicted octanol–water partition coefficient (Wildman–Crippen LogP) is 3.30. The Labute approximate surface area is 152 Å². The van der Waals surface area contributed by atoms with Gasteiger partial charge in [0.25, 0.3) is 5.91 Å². The van der Waals surface area contributed by atoms with E-state index in [2.05, 4.69) is 11.6 Å². The average Bonchev–Trinajstić information content (AvgIpc) is 2.98. The van der Waals surface area contributed by atoms with Crippen molar-refractivity contribution in [2.45, 2.75) is 12.6 Å². The fraction of sp³-hybridized carbons (Fsp3) is 0.158. The second-order valence-electron chi connectivity index (χ2n) is 5.71. The fourth-order valence-corrected chi connectivity index (χ4v) is 3.82. The molecule has 1 aliphatic rings. The van der Waals surface area contributed by atoms with Crippen LogP contribution in [0.3, 0.4) is 0 Å². The number of aromatic nitrogens is 1. The molecule has 1 unspecified atom stereocenters. The van der Waals surface area contributed by atoms with Gasteiger partial charge < -0.3 is 14.0 Å². The van der Waals surface area contributed by atoms with Crippen LogP contribution in [0.5, 0.6) is 11.5 Å². The molecule has 2 heterocycles. The summed E-state index contributed by atoms with van der Waals surface area (Å²) in [6, 6.07) is 11.7. The van der Waals surface area contributed by atoms with Crippen molar-refractivity contribution in [3.05, 3.63) is 65.7 Å². The number of thiazole rings is 1. The lowest BCUT2D eigenvalue weighted by Crippen LogP contribution is -2.36. The van der Waals surface area contributed by atoms with Gasteiger partial charge in [0.05, 0.1) is 10.2 Å². The highest BCUT2D eigenvalue weighted by atomic mass is 32.1. The number of rotatable bonds is 3. The Morgan fingerprint density at radius 1 is 1.35 bits per heavy atom. The van der Waals surface area contributed by atoms with Gasteiger partial charge in [-0.05, 0) is 30.3 Å². The van der Waals surface area contributed by atoms with Crippen molar-refractivity contribution >= 4 is 27.5 Å². The molecule has 2 aromatic carbocycles. The second kappa shape index (κ2) is 6.76. The summed E-state index contributed by atoms with van der Waals surface area (Å²) in [6.45, 7) is 4.29. The second-order valence-corrected chi connectivity index (χ2v) is 6.72. The van der Waals surface area contributed by atoms with Crippen LogP contribution in [0.1, 0.15) is 0 Å². The lowest BCUT2D eigenvalue weighted by Gasteiger charge is -2.23. The smallest absolute Gasteiger partial charge is 0.292 e. The molecule has 1 aliphatic heterocycles. The fourth-order valence-electron chi connectivity index (χ4n) is 2.75. The molecule has 1 aromatic heterocycles. The van der Waals surface area contributed by atoms with Gasteiger partial charge in [-0.2, -0.15) is 4.99 Å². The van der Waals surface area contributed by atoms with Gasteiger partial charge in [-0.25, -0.2) is 4.39 Å². The molecule has 0 aliphatic carbocycles. The number of halogens is 1. The number of benzene rings is 2. The van der Waals surface area contributed by atoms with E-state index in [-0.39, 0.29) is 12.4 Å². The van der Waals surface area contributed by atoms with Crippen LogP contribution in [-0.2, 0) is 11.3 Å². The molecule has 132 valence electrons. The number of ether oxygens (including phenoxy) is 2. The van der Waals surface area contributed by atoms with E-state index >= 15 is 0 Å². The molecule has 1 atom stereocenters. The predicted molar refractivity (Wildman–Crippen MR) is 96.9 cm³/mol. The monoisotopic (exact) mass is 370 g/mol. The minimum atomic E-state index is -0.816. The molecule has 0 radical (unpaired) electrons. The van der Waals surface area contributed by atoms with E-state index in [4.69, 9.17) is 9.47 Å². The number of hydrogen-bond donors (Lipinski definition) is 0. The molecule has 0 fully saturated rings. The first kappa shape index (κ1) is 16.5. The van der Waals surface area contributed by atoms with Crippen LogP contribution in [0, 0.1) is 5.82 Å². The first-order chi connectivity index (χ1) is 12.7. The first-order valence-corrected chi connectivity index (χ1v) is 8.84. The highest BCUT2D eigenvalue weighted by Crippen LogP contribution is 2.31. The van der Waals surface area contributed by atoms with Crippen LogP contribution in [0.4, 0.5) is 4.39 Å². The normalized spacial score (nSPS) is 16.7. The number of allylic oxidation sites excluding steroid dienone is 1. The maximum absolute atomic E-state index is 13.5. The SMILES string of the molecule is C=CCn1c(=NC(=O)C2COc3ccccc3O2)sc2cc(F)ccc21. The van der Waals surface area contributed by atoms with Crippen LogP contribution in [0.15, 0.2) is 60.1 Å².